The third-order valence-electron chi connectivity index (χ3n) is 6.66. The summed E-state index contributed by atoms with van der Waals surface area (Å²) in [6, 6.07) is 15.4. The summed E-state index contributed by atoms with van der Waals surface area (Å²) >= 11 is 0. The molecule has 0 saturated heterocycles. The van der Waals surface area contributed by atoms with Crippen LogP contribution >= 0.6 is 0 Å². The molecule has 220 valence electrons. The highest BCUT2D eigenvalue weighted by Crippen LogP contribution is 2.32. The number of urea groups is 1. The highest BCUT2D eigenvalue weighted by molar-refractivity contribution is 5.78. The number of hydrogen-bond donors (Lipinski definition) is 1. The Kier molecular flexibility index (Phi) is 10.9. The molecule has 0 aliphatic carbocycles. The summed E-state index contributed by atoms with van der Waals surface area (Å²) in [6.45, 7) is 2.38. The quantitative estimate of drug-likeness (QED) is 0.266. The SMILES string of the molecule is CCOC(=O)C[C@](CF)(NC(=O)N(Cc1ccc(C)cc1OC)Cc1ccc(OC)cc1OC)c1ccccc1F. The van der Waals surface area contributed by atoms with Gasteiger partial charge in [0.1, 0.15) is 35.3 Å². The van der Waals surface area contributed by atoms with E-state index in [4.69, 9.17) is 18.9 Å². The number of esters is 1. The number of ether oxygens (including phenoxy) is 4. The first-order chi connectivity index (χ1) is 19.7. The lowest BCUT2D eigenvalue weighted by molar-refractivity contribution is -0.145. The van der Waals surface area contributed by atoms with Crippen molar-refractivity contribution in [1.82, 2.24) is 10.2 Å². The number of amides is 2. The Morgan fingerprint density at radius 2 is 1.54 bits per heavy atom. The minimum Gasteiger partial charge on any atom is -0.497 e. The van der Waals surface area contributed by atoms with Gasteiger partial charge in [-0.2, -0.15) is 0 Å². The summed E-state index contributed by atoms with van der Waals surface area (Å²) in [7, 11) is 4.55. The van der Waals surface area contributed by atoms with Crippen LogP contribution in [0.3, 0.4) is 0 Å². The maximum absolute atomic E-state index is 15.0. The topological polar surface area (TPSA) is 86.3 Å². The average molecular weight is 571 g/mol. The van der Waals surface area contributed by atoms with Crippen molar-refractivity contribution >= 4 is 12.0 Å². The molecule has 1 atom stereocenters. The number of benzene rings is 3. The number of methoxy groups -OCH3 is 3. The Balaban J connectivity index is 2.08. The molecule has 0 heterocycles. The zero-order valence-corrected chi connectivity index (χ0v) is 24.0. The van der Waals surface area contributed by atoms with Gasteiger partial charge in [-0.15, -0.1) is 0 Å². The van der Waals surface area contributed by atoms with Gasteiger partial charge in [-0.3, -0.25) is 4.79 Å². The third kappa shape index (κ3) is 7.65. The Morgan fingerprint density at radius 1 is 0.902 bits per heavy atom. The Morgan fingerprint density at radius 3 is 2.12 bits per heavy atom. The molecule has 10 heteroatoms. The normalized spacial score (nSPS) is 12.2. The first-order valence-electron chi connectivity index (χ1n) is 13.1. The number of carbonyl (C=O) groups is 2. The summed E-state index contributed by atoms with van der Waals surface area (Å²) < 4.78 is 51.4. The molecule has 0 aliphatic rings. The van der Waals surface area contributed by atoms with Crippen LogP contribution in [-0.2, 0) is 28.2 Å². The molecule has 0 fully saturated rings. The molecular weight excluding hydrogens is 534 g/mol. The van der Waals surface area contributed by atoms with Gasteiger partial charge in [0.05, 0.1) is 47.4 Å². The van der Waals surface area contributed by atoms with E-state index in [9.17, 15) is 14.0 Å². The Bertz CT molecular complexity index is 1350. The van der Waals surface area contributed by atoms with Crippen LogP contribution in [0.1, 0.15) is 35.6 Å². The zero-order valence-electron chi connectivity index (χ0n) is 24.0. The average Bonchev–Trinajstić information content (AvgIpc) is 2.97. The maximum atomic E-state index is 15.0. The lowest BCUT2D eigenvalue weighted by Gasteiger charge is -2.35. The van der Waals surface area contributed by atoms with E-state index in [1.807, 2.05) is 25.1 Å². The number of alkyl halides is 1. The van der Waals surface area contributed by atoms with Gasteiger partial charge >= 0.3 is 12.0 Å². The van der Waals surface area contributed by atoms with Gasteiger partial charge in [0.15, 0.2) is 0 Å². The molecule has 0 unspecified atom stereocenters. The van der Waals surface area contributed by atoms with Crippen LogP contribution in [0, 0.1) is 12.7 Å². The van der Waals surface area contributed by atoms with E-state index < -0.39 is 36.5 Å². The Hall–Kier alpha value is -4.34. The first kappa shape index (κ1) is 31.2. The third-order valence-corrected chi connectivity index (χ3v) is 6.66. The minimum absolute atomic E-state index is 0.0229. The van der Waals surface area contributed by atoms with E-state index in [2.05, 4.69) is 5.32 Å². The molecule has 8 nitrogen and oxygen atoms in total. The van der Waals surface area contributed by atoms with Crippen molar-refractivity contribution in [3.8, 4) is 17.2 Å². The number of nitrogens with one attached hydrogen (secondary N) is 1. The number of hydrogen-bond acceptors (Lipinski definition) is 6. The van der Waals surface area contributed by atoms with E-state index in [0.717, 1.165) is 11.6 Å². The van der Waals surface area contributed by atoms with Gasteiger partial charge in [0, 0.05) is 22.8 Å². The number of rotatable bonds is 13. The van der Waals surface area contributed by atoms with E-state index >= 15 is 4.39 Å². The van der Waals surface area contributed by atoms with Crippen LogP contribution in [0.5, 0.6) is 17.2 Å². The van der Waals surface area contributed by atoms with Crippen LogP contribution in [0.2, 0.25) is 0 Å². The predicted molar refractivity (Wildman–Crippen MR) is 150 cm³/mol. The maximum Gasteiger partial charge on any atom is 0.318 e. The van der Waals surface area contributed by atoms with Gasteiger partial charge in [0.25, 0.3) is 0 Å². The second kappa shape index (κ2) is 14.3. The van der Waals surface area contributed by atoms with Crippen molar-refractivity contribution < 1.29 is 37.3 Å². The van der Waals surface area contributed by atoms with Crippen LogP contribution in [0.15, 0.2) is 60.7 Å². The van der Waals surface area contributed by atoms with Gasteiger partial charge < -0.3 is 29.2 Å². The van der Waals surface area contributed by atoms with E-state index in [0.29, 0.717) is 28.4 Å². The van der Waals surface area contributed by atoms with Gasteiger partial charge in [-0.25, -0.2) is 13.6 Å². The molecule has 0 aliphatic heterocycles. The van der Waals surface area contributed by atoms with Crippen molar-refractivity contribution in [3.05, 3.63) is 88.7 Å². The lowest BCUT2D eigenvalue weighted by Crippen LogP contribution is -2.54. The van der Waals surface area contributed by atoms with Crippen LogP contribution in [0.25, 0.3) is 0 Å². The first-order valence-corrected chi connectivity index (χ1v) is 13.1. The summed E-state index contributed by atoms with van der Waals surface area (Å²) in [5.74, 6) is 0.0418. The zero-order chi connectivity index (χ0) is 30.0. The fraction of sp³-hybridized carbons (Fsp3) is 0.355. The number of nitrogens with zero attached hydrogens (tertiary/aromatic N) is 1. The van der Waals surface area contributed by atoms with E-state index in [1.54, 1.807) is 25.1 Å². The largest absolute Gasteiger partial charge is 0.497 e. The minimum atomic E-state index is -2.02. The predicted octanol–water partition coefficient (Wildman–Crippen LogP) is 5.69. The molecule has 1 N–H and O–H groups in total. The standard InChI is InChI=1S/C31H36F2N2O6/c1-6-41-29(36)17-31(20-32,25-9-7-8-10-26(25)33)34-30(37)35(18-22-12-11-21(2)15-27(22)39-4)19-23-13-14-24(38-3)16-28(23)40-5/h7-16H,6,17-20H2,1-5H3,(H,34,37)/t31-/m1/s1. The molecule has 0 bridgehead atoms. The van der Waals surface area contributed by atoms with Gasteiger partial charge in [-0.1, -0.05) is 30.3 Å². The fourth-order valence-corrected chi connectivity index (χ4v) is 4.53. The van der Waals surface area contributed by atoms with Crippen LogP contribution in [-0.4, -0.2) is 51.5 Å². The Labute approximate surface area is 239 Å². The smallest absolute Gasteiger partial charge is 0.318 e. The van der Waals surface area contributed by atoms with Crippen LogP contribution in [0.4, 0.5) is 13.6 Å². The molecule has 3 rings (SSSR count). The molecule has 0 radical (unpaired) electrons. The summed E-state index contributed by atoms with van der Waals surface area (Å²) in [5.41, 5.74) is 0.0936. The van der Waals surface area contributed by atoms with Crippen molar-refractivity contribution in [2.75, 3.05) is 34.6 Å². The molecule has 41 heavy (non-hydrogen) atoms. The second-order valence-corrected chi connectivity index (χ2v) is 9.46. The van der Waals surface area contributed by atoms with Crippen LogP contribution < -0.4 is 19.5 Å². The monoisotopic (exact) mass is 570 g/mol. The van der Waals surface area contributed by atoms with Crippen molar-refractivity contribution in [2.24, 2.45) is 0 Å². The molecule has 0 aromatic heterocycles. The highest BCUT2D eigenvalue weighted by atomic mass is 19.1. The van der Waals surface area contributed by atoms with Gasteiger partial charge in [-0.05, 0) is 43.7 Å². The number of carbonyl (C=O) groups excluding carboxylic acids is 2. The summed E-state index contributed by atoms with van der Waals surface area (Å²) in [4.78, 5) is 28.0. The van der Waals surface area contributed by atoms with Gasteiger partial charge in [0.2, 0.25) is 0 Å². The van der Waals surface area contributed by atoms with Crippen molar-refractivity contribution in [3.63, 3.8) is 0 Å². The van der Waals surface area contributed by atoms with Crippen molar-refractivity contribution in [1.29, 1.82) is 0 Å². The van der Waals surface area contributed by atoms with E-state index in [-0.39, 0.29) is 25.3 Å². The molecule has 3 aromatic rings. The summed E-state index contributed by atoms with van der Waals surface area (Å²) in [5, 5.41) is 2.64. The summed E-state index contributed by atoms with van der Waals surface area (Å²) in [6.07, 6.45) is -0.614. The lowest BCUT2D eigenvalue weighted by atomic mass is 9.87. The second-order valence-electron chi connectivity index (χ2n) is 9.46. The van der Waals surface area contributed by atoms with E-state index in [1.165, 1.54) is 44.4 Å². The number of halogens is 2. The molecule has 0 spiro atoms. The molecule has 2 amide bonds. The highest BCUT2D eigenvalue weighted by Gasteiger charge is 2.40. The molecular formula is C31H36F2N2O6. The van der Waals surface area contributed by atoms with Crippen molar-refractivity contribution in [2.45, 2.75) is 38.9 Å². The molecule has 3 aromatic carbocycles. The molecule has 0 saturated carbocycles. The fourth-order valence-electron chi connectivity index (χ4n) is 4.53. The number of aryl methyl sites for hydroxylation is 1.